The van der Waals surface area contributed by atoms with Crippen LogP contribution in [0.3, 0.4) is 0 Å². The molecule has 0 aliphatic carbocycles. The molecule has 0 aromatic heterocycles. The second-order valence-electron chi connectivity index (χ2n) is 4.53. The maximum absolute atomic E-state index is 5.88. The molecule has 2 aromatic carbocycles. The summed E-state index contributed by atoms with van der Waals surface area (Å²) in [6.45, 7) is 0.964. The molecule has 1 aliphatic rings. The smallest absolute Gasteiger partial charge is 0.107 e. The highest BCUT2D eigenvalue weighted by atomic mass is 79.9. The summed E-state index contributed by atoms with van der Waals surface area (Å²) in [6, 6.07) is 14.5. The van der Waals surface area contributed by atoms with E-state index in [1.54, 1.807) is 0 Å². The minimum Gasteiger partial charge on any atom is -0.389 e. The van der Waals surface area contributed by atoms with Crippen LogP contribution in [0.1, 0.15) is 11.1 Å². The van der Waals surface area contributed by atoms with Crippen LogP contribution in [0.25, 0.3) is 0 Å². The predicted octanol–water partition coefficient (Wildman–Crippen LogP) is 3.78. The van der Waals surface area contributed by atoms with Crippen molar-refractivity contribution in [1.82, 2.24) is 0 Å². The SMILES string of the molecule is NC(=S)c1c(Br)cccc1N1CCc2ccccc21. The zero-order chi connectivity index (χ0) is 13.4. The van der Waals surface area contributed by atoms with E-state index in [1.807, 2.05) is 12.1 Å². The summed E-state index contributed by atoms with van der Waals surface area (Å²) >= 11 is 8.73. The minimum atomic E-state index is 0.423. The van der Waals surface area contributed by atoms with Crippen LogP contribution in [0.2, 0.25) is 0 Å². The van der Waals surface area contributed by atoms with E-state index in [4.69, 9.17) is 18.0 Å². The Morgan fingerprint density at radius 2 is 1.84 bits per heavy atom. The molecule has 2 aromatic rings. The molecule has 19 heavy (non-hydrogen) atoms. The summed E-state index contributed by atoms with van der Waals surface area (Å²) < 4.78 is 0.946. The van der Waals surface area contributed by atoms with E-state index < -0.39 is 0 Å². The van der Waals surface area contributed by atoms with E-state index in [1.165, 1.54) is 11.3 Å². The Kier molecular flexibility index (Phi) is 3.29. The van der Waals surface area contributed by atoms with Crippen molar-refractivity contribution in [1.29, 1.82) is 0 Å². The van der Waals surface area contributed by atoms with Gasteiger partial charge in [-0.2, -0.15) is 0 Å². The van der Waals surface area contributed by atoms with Gasteiger partial charge in [-0.15, -0.1) is 0 Å². The van der Waals surface area contributed by atoms with Crippen LogP contribution in [-0.2, 0) is 6.42 Å². The number of nitrogens with zero attached hydrogens (tertiary/aromatic N) is 1. The molecule has 0 amide bonds. The summed E-state index contributed by atoms with van der Waals surface area (Å²) in [5.41, 5.74) is 10.5. The van der Waals surface area contributed by atoms with Crippen LogP contribution in [0, 0.1) is 0 Å². The number of thiocarbonyl (C=S) groups is 1. The molecule has 0 bridgehead atoms. The Morgan fingerprint density at radius 3 is 2.63 bits per heavy atom. The lowest BCUT2D eigenvalue weighted by Gasteiger charge is -2.23. The number of nitrogens with two attached hydrogens (primary N) is 1. The maximum Gasteiger partial charge on any atom is 0.107 e. The van der Waals surface area contributed by atoms with Gasteiger partial charge in [0.2, 0.25) is 0 Å². The number of benzene rings is 2. The van der Waals surface area contributed by atoms with E-state index in [2.05, 4.69) is 51.2 Å². The van der Waals surface area contributed by atoms with Gasteiger partial charge in [0.05, 0.1) is 5.69 Å². The van der Waals surface area contributed by atoms with Crippen LogP contribution in [0.4, 0.5) is 11.4 Å². The third-order valence-corrected chi connectivity index (χ3v) is 4.28. The fourth-order valence-electron chi connectivity index (χ4n) is 2.57. The highest BCUT2D eigenvalue weighted by molar-refractivity contribution is 9.10. The second-order valence-corrected chi connectivity index (χ2v) is 5.82. The quantitative estimate of drug-likeness (QED) is 0.848. The van der Waals surface area contributed by atoms with Crippen LogP contribution < -0.4 is 10.6 Å². The van der Waals surface area contributed by atoms with Crippen molar-refractivity contribution in [3.05, 3.63) is 58.1 Å². The van der Waals surface area contributed by atoms with Gasteiger partial charge in [-0.25, -0.2) is 0 Å². The molecule has 0 spiro atoms. The lowest BCUT2D eigenvalue weighted by Crippen LogP contribution is -2.20. The molecule has 1 aliphatic heterocycles. The van der Waals surface area contributed by atoms with E-state index in [0.717, 1.165) is 28.7 Å². The summed E-state index contributed by atoms with van der Waals surface area (Å²) in [6.07, 6.45) is 1.06. The Hall–Kier alpha value is -1.39. The van der Waals surface area contributed by atoms with Crippen molar-refractivity contribution in [2.75, 3.05) is 11.4 Å². The number of fused-ring (bicyclic) bond motifs is 1. The van der Waals surface area contributed by atoms with Gasteiger partial charge in [-0.3, -0.25) is 0 Å². The first kappa shape index (κ1) is 12.6. The van der Waals surface area contributed by atoms with Gasteiger partial charge in [0.1, 0.15) is 4.99 Å². The molecule has 96 valence electrons. The standard InChI is InChI=1S/C15H13BrN2S/c16-11-5-3-7-13(14(11)15(17)19)18-9-8-10-4-1-2-6-12(10)18/h1-7H,8-9H2,(H2,17,19). The molecule has 2 nitrogen and oxygen atoms in total. The normalized spacial score (nSPS) is 13.4. The molecule has 0 fully saturated rings. The Balaban J connectivity index is 2.15. The van der Waals surface area contributed by atoms with Crippen molar-refractivity contribution in [3.63, 3.8) is 0 Å². The average molecular weight is 333 g/mol. The molecular formula is C15H13BrN2S. The highest BCUT2D eigenvalue weighted by Gasteiger charge is 2.23. The molecular weight excluding hydrogens is 320 g/mol. The van der Waals surface area contributed by atoms with E-state index in [-0.39, 0.29) is 0 Å². The third kappa shape index (κ3) is 2.15. The third-order valence-electron chi connectivity index (χ3n) is 3.42. The summed E-state index contributed by atoms with van der Waals surface area (Å²) in [4.78, 5) is 2.71. The first-order valence-corrected chi connectivity index (χ1v) is 7.32. The molecule has 4 heteroatoms. The number of hydrogen-bond donors (Lipinski definition) is 1. The molecule has 0 radical (unpaired) electrons. The Labute approximate surface area is 126 Å². The largest absolute Gasteiger partial charge is 0.389 e. The zero-order valence-electron chi connectivity index (χ0n) is 10.3. The van der Waals surface area contributed by atoms with Crippen molar-refractivity contribution in [3.8, 4) is 0 Å². The van der Waals surface area contributed by atoms with Gasteiger partial charge in [0.15, 0.2) is 0 Å². The van der Waals surface area contributed by atoms with Gasteiger partial charge in [-0.1, -0.05) is 36.5 Å². The number of halogens is 1. The first-order chi connectivity index (χ1) is 9.18. The minimum absolute atomic E-state index is 0.423. The lowest BCUT2D eigenvalue weighted by atomic mass is 10.1. The molecule has 0 unspecified atom stereocenters. The number of anilines is 2. The number of hydrogen-bond acceptors (Lipinski definition) is 2. The van der Waals surface area contributed by atoms with E-state index in [9.17, 15) is 0 Å². The predicted molar refractivity (Wildman–Crippen MR) is 87.2 cm³/mol. The molecule has 3 rings (SSSR count). The molecule has 0 atom stereocenters. The fraction of sp³-hybridized carbons (Fsp3) is 0.133. The Morgan fingerprint density at radius 1 is 1.11 bits per heavy atom. The first-order valence-electron chi connectivity index (χ1n) is 6.12. The van der Waals surface area contributed by atoms with Gasteiger partial charge < -0.3 is 10.6 Å². The lowest BCUT2D eigenvalue weighted by molar-refractivity contribution is 0.996. The molecule has 0 saturated heterocycles. The molecule has 2 N–H and O–H groups in total. The maximum atomic E-state index is 5.88. The van der Waals surface area contributed by atoms with Crippen LogP contribution in [0.15, 0.2) is 46.9 Å². The van der Waals surface area contributed by atoms with E-state index in [0.29, 0.717) is 4.99 Å². The second kappa shape index (κ2) is 4.94. The van der Waals surface area contributed by atoms with Crippen molar-refractivity contribution in [2.24, 2.45) is 5.73 Å². The number of rotatable bonds is 2. The van der Waals surface area contributed by atoms with Crippen molar-refractivity contribution in [2.45, 2.75) is 6.42 Å². The van der Waals surface area contributed by atoms with Gasteiger partial charge in [0.25, 0.3) is 0 Å². The highest BCUT2D eigenvalue weighted by Crippen LogP contribution is 2.38. The summed E-state index contributed by atoms with van der Waals surface area (Å²) in [7, 11) is 0. The monoisotopic (exact) mass is 332 g/mol. The van der Waals surface area contributed by atoms with Gasteiger partial charge in [0, 0.05) is 22.3 Å². The zero-order valence-corrected chi connectivity index (χ0v) is 12.7. The van der Waals surface area contributed by atoms with Crippen LogP contribution in [0.5, 0.6) is 0 Å². The Bertz CT molecular complexity index is 654. The summed E-state index contributed by atoms with van der Waals surface area (Å²) in [5.74, 6) is 0. The fourth-order valence-corrected chi connectivity index (χ4v) is 3.49. The van der Waals surface area contributed by atoms with Crippen molar-refractivity contribution < 1.29 is 0 Å². The van der Waals surface area contributed by atoms with Gasteiger partial charge >= 0.3 is 0 Å². The van der Waals surface area contributed by atoms with E-state index >= 15 is 0 Å². The van der Waals surface area contributed by atoms with Crippen molar-refractivity contribution >= 4 is 44.5 Å². The average Bonchev–Trinajstić information content (AvgIpc) is 2.81. The summed E-state index contributed by atoms with van der Waals surface area (Å²) in [5, 5.41) is 0. The molecule has 1 heterocycles. The molecule has 0 saturated carbocycles. The van der Waals surface area contributed by atoms with Crippen LogP contribution in [-0.4, -0.2) is 11.5 Å². The topological polar surface area (TPSA) is 29.3 Å². The van der Waals surface area contributed by atoms with Gasteiger partial charge in [-0.05, 0) is 46.1 Å². The van der Waals surface area contributed by atoms with Crippen LogP contribution >= 0.6 is 28.1 Å². The number of para-hydroxylation sites is 1.